The Morgan fingerprint density at radius 2 is 1.13 bits per heavy atom. The van der Waals surface area contributed by atoms with Gasteiger partial charge in [-0.1, -0.05) is 97.9 Å². The molecule has 1 aliphatic heterocycles. The van der Waals surface area contributed by atoms with Crippen LogP contribution in [0.5, 0.6) is 0 Å². The van der Waals surface area contributed by atoms with Gasteiger partial charge < -0.3 is 0 Å². The van der Waals surface area contributed by atoms with E-state index >= 15 is 0 Å². The average Bonchev–Trinajstić information content (AvgIpc) is 3.11. The average molecular weight is 579 g/mol. The second-order valence-corrected chi connectivity index (χ2v) is 11.5. The first kappa shape index (κ1) is 26.9. The van der Waals surface area contributed by atoms with Gasteiger partial charge in [-0.2, -0.15) is 0 Å². The van der Waals surface area contributed by atoms with Crippen LogP contribution in [0.25, 0.3) is 66.3 Å². The van der Waals surface area contributed by atoms with Gasteiger partial charge in [-0.3, -0.25) is 19.9 Å². The Labute approximate surface area is 262 Å². The third-order valence-corrected chi connectivity index (χ3v) is 8.70. The Morgan fingerprint density at radius 3 is 1.80 bits per heavy atom. The minimum absolute atomic E-state index is 0.348. The maximum absolute atomic E-state index is 4.96. The van der Waals surface area contributed by atoms with Gasteiger partial charge in [-0.25, -0.2) is 0 Å². The molecule has 3 aromatic heterocycles. The Balaban J connectivity index is 1.36. The van der Waals surface area contributed by atoms with Gasteiger partial charge in [0.25, 0.3) is 0 Å². The molecule has 0 aliphatic carbocycles. The Bertz CT molecular complexity index is 2220. The third kappa shape index (κ3) is 4.91. The Morgan fingerprint density at radius 1 is 0.511 bits per heavy atom. The van der Waals surface area contributed by atoms with Crippen LogP contribution < -0.4 is 0 Å². The number of hydrogen-bond donors (Lipinski definition) is 0. The van der Waals surface area contributed by atoms with Gasteiger partial charge in [-0.05, 0) is 80.6 Å². The van der Waals surface area contributed by atoms with Crippen LogP contribution in [0.3, 0.4) is 0 Å². The number of allylic oxidation sites excluding steroid dienone is 1. The lowest BCUT2D eigenvalue weighted by Crippen LogP contribution is -2.15. The number of pyridine rings is 3. The van der Waals surface area contributed by atoms with Crippen molar-refractivity contribution in [2.75, 3.05) is 0 Å². The van der Waals surface area contributed by atoms with E-state index in [0.29, 0.717) is 5.92 Å². The highest BCUT2D eigenvalue weighted by molar-refractivity contribution is 6.22. The summed E-state index contributed by atoms with van der Waals surface area (Å²) in [5.74, 6) is 0.348. The molecule has 45 heavy (non-hydrogen) atoms. The quantitative estimate of drug-likeness (QED) is 0.191. The van der Waals surface area contributed by atoms with Crippen molar-refractivity contribution in [1.29, 1.82) is 0 Å². The van der Waals surface area contributed by atoms with Crippen LogP contribution in [0, 0.1) is 5.92 Å². The zero-order valence-electron chi connectivity index (χ0n) is 24.9. The van der Waals surface area contributed by atoms with Crippen LogP contribution in [0.2, 0.25) is 0 Å². The van der Waals surface area contributed by atoms with Gasteiger partial charge in [-0.15, -0.1) is 0 Å². The van der Waals surface area contributed by atoms with Crippen molar-refractivity contribution < 1.29 is 0 Å². The minimum Gasteiger partial charge on any atom is -0.259 e. The van der Waals surface area contributed by atoms with E-state index < -0.39 is 0 Å². The molecule has 0 spiro atoms. The zero-order valence-corrected chi connectivity index (χ0v) is 24.9. The summed E-state index contributed by atoms with van der Waals surface area (Å²) in [7, 11) is 0. The highest BCUT2D eigenvalue weighted by Crippen LogP contribution is 2.44. The molecule has 4 aromatic carbocycles. The second kappa shape index (κ2) is 11.4. The molecule has 0 saturated carbocycles. The minimum atomic E-state index is 0.348. The normalized spacial score (nSPS) is 14.5. The third-order valence-electron chi connectivity index (χ3n) is 8.70. The van der Waals surface area contributed by atoms with E-state index in [1.165, 1.54) is 43.8 Å². The van der Waals surface area contributed by atoms with Gasteiger partial charge in [0.1, 0.15) is 0 Å². The van der Waals surface area contributed by atoms with Crippen LogP contribution in [0.4, 0.5) is 0 Å². The summed E-state index contributed by atoms with van der Waals surface area (Å²) in [5, 5.41) is 4.72. The second-order valence-electron chi connectivity index (χ2n) is 11.5. The van der Waals surface area contributed by atoms with Crippen LogP contribution in [0.1, 0.15) is 19.0 Å². The topological polar surface area (TPSA) is 51.0 Å². The molecule has 0 radical (unpaired) electrons. The fourth-order valence-corrected chi connectivity index (χ4v) is 6.47. The van der Waals surface area contributed by atoms with Gasteiger partial charge in [0, 0.05) is 41.8 Å². The van der Waals surface area contributed by atoms with E-state index in [1.807, 2.05) is 36.8 Å². The zero-order chi connectivity index (χ0) is 30.2. The van der Waals surface area contributed by atoms with E-state index in [1.54, 1.807) is 6.20 Å². The number of aliphatic imine (C=N–C) groups is 1. The molecule has 214 valence electrons. The molecule has 0 amide bonds. The SMILES string of the molecule is CC1CC=CN=C1c1ccc(-c2c3ccccc3c(-c3ccc(-c4ccccn4)nc3)c3ccc(-c4ccccc4)cc23)cn1. The van der Waals surface area contributed by atoms with Crippen LogP contribution in [0.15, 0.2) is 151 Å². The number of rotatable bonds is 5. The molecule has 1 atom stereocenters. The highest BCUT2D eigenvalue weighted by atomic mass is 14.8. The van der Waals surface area contributed by atoms with Crippen molar-refractivity contribution in [2.45, 2.75) is 13.3 Å². The number of benzene rings is 4. The van der Waals surface area contributed by atoms with Gasteiger partial charge in [0.05, 0.1) is 22.8 Å². The summed E-state index contributed by atoms with van der Waals surface area (Å²) in [4.78, 5) is 19.0. The monoisotopic (exact) mass is 578 g/mol. The molecule has 7 aromatic rings. The number of nitrogens with zero attached hydrogens (tertiary/aromatic N) is 4. The van der Waals surface area contributed by atoms with Crippen molar-refractivity contribution in [1.82, 2.24) is 15.0 Å². The summed E-state index contributed by atoms with van der Waals surface area (Å²) in [5.41, 5.74) is 10.6. The van der Waals surface area contributed by atoms with Crippen molar-refractivity contribution in [3.63, 3.8) is 0 Å². The number of aromatic nitrogens is 3. The number of hydrogen-bond acceptors (Lipinski definition) is 4. The molecule has 4 nitrogen and oxygen atoms in total. The molecule has 1 aliphatic rings. The predicted molar refractivity (Wildman–Crippen MR) is 186 cm³/mol. The predicted octanol–water partition coefficient (Wildman–Crippen LogP) is 10.2. The van der Waals surface area contributed by atoms with E-state index in [-0.39, 0.29) is 0 Å². The van der Waals surface area contributed by atoms with Gasteiger partial charge >= 0.3 is 0 Å². The maximum atomic E-state index is 4.96. The van der Waals surface area contributed by atoms with Gasteiger partial charge in [0.2, 0.25) is 0 Å². The fraction of sp³-hybridized carbons (Fsp3) is 0.0732. The lowest BCUT2D eigenvalue weighted by Gasteiger charge is -2.19. The molecule has 0 N–H and O–H groups in total. The summed E-state index contributed by atoms with van der Waals surface area (Å²) in [6, 6.07) is 40.6. The van der Waals surface area contributed by atoms with E-state index in [2.05, 4.69) is 120 Å². The highest BCUT2D eigenvalue weighted by Gasteiger charge is 2.20. The van der Waals surface area contributed by atoms with Crippen molar-refractivity contribution >= 4 is 27.3 Å². The van der Waals surface area contributed by atoms with Crippen molar-refractivity contribution in [2.24, 2.45) is 10.9 Å². The standard InChI is InChI=1S/C41H30N4/c1-27-10-9-23-43-41(27)38-21-18-31(26-45-38)40-33-14-6-5-13-32(33)39(30-17-20-37(44-25-30)36-15-7-8-22-42-36)34-19-16-29(24-35(34)40)28-11-3-2-4-12-28/h2-9,11-27H,10H2,1H3. The largest absolute Gasteiger partial charge is 0.259 e. The lowest BCUT2D eigenvalue weighted by molar-refractivity contribution is 0.774. The summed E-state index contributed by atoms with van der Waals surface area (Å²) < 4.78 is 0. The summed E-state index contributed by atoms with van der Waals surface area (Å²) in [6.07, 6.45) is 10.8. The molecule has 0 bridgehead atoms. The van der Waals surface area contributed by atoms with Crippen LogP contribution in [-0.4, -0.2) is 20.7 Å². The van der Waals surface area contributed by atoms with E-state index in [9.17, 15) is 0 Å². The van der Waals surface area contributed by atoms with Crippen molar-refractivity contribution in [3.8, 4) is 44.8 Å². The van der Waals surface area contributed by atoms with Gasteiger partial charge in [0.15, 0.2) is 0 Å². The molecule has 4 heterocycles. The fourth-order valence-electron chi connectivity index (χ4n) is 6.47. The molecule has 4 heteroatoms. The summed E-state index contributed by atoms with van der Waals surface area (Å²) >= 11 is 0. The molecule has 8 rings (SSSR count). The smallest absolute Gasteiger partial charge is 0.0886 e. The summed E-state index contributed by atoms with van der Waals surface area (Å²) in [6.45, 7) is 2.21. The molecule has 0 saturated heterocycles. The van der Waals surface area contributed by atoms with Crippen LogP contribution >= 0.6 is 0 Å². The van der Waals surface area contributed by atoms with Crippen molar-refractivity contribution in [3.05, 3.63) is 152 Å². The molecular weight excluding hydrogens is 548 g/mol. The Kier molecular flexibility index (Phi) is 6.80. The first-order valence-electron chi connectivity index (χ1n) is 15.4. The van der Waals surface area contributed by atoms with E-state index in [4.69, 9.17) is 9.97 Å². The Hall–Kier alpha value is -5.74. The van der Waals surface area contributed by atoms with E-state index in [0.717, 1.165) is 40.3 Å². The molecule has 0 fully saturated rings. The first-order valence-corrected chi connectivity index (χ1v) is 15.4. The lowest BCUT2D eigenvalue weighted by atomic mass is 9.85. The molecule has 1 unspecified atom stereocenters. The molecular formula is C41H30N4. The number of fused-ring (bicyclic) bond motifs is 2. The first-order chi connectivity index (χ1) is 22.2. The maximum Gasteiger partial charge on any atom is 0.0886 e. The van der Waals surface area contributed by atoms with Crippen LogP contribution in [-0.2, 0) is 0 Å².